The van der Waals surface area contributed by atoms with Gasteiger partial charge in [0.15, 0.2) is 11.6 Å². The number of para-hydroxylation sites is 1. The smallest absolute Gasteiger partial charge is 0.166 e. The van der Waals surface area contributed by atoms with E-state index in [0.717, 1.165) is 5.69 Å². The number of benzene rings is 2. The van der Waals surface area contributed by atoms with Crippen molar-refractivity contribution in [1.82, 2.24) is 0 Å². The molecule has 0 heterocycles. The molecule has 0 aromatic heterocycles. The van der Waals surface area contributed by atoms with Crippen LogP contribution in [0.3, 0.4) is 0 Å². The Labute approximate surface area is 124 Å². The highest BCUT2D eigenvalue weighted by molar-refractivity contribution is 9.10. The van der Waals surface area contributed by atoms with Crippen LogP contribution in [0.4, 0.5) is 10.1 Å². The van der Waals surface area contributed by atoms with Crippen LogP contribution in [0.2, 0.25) is 5.02 Å². The van der Waals surface area contributed by atoms with Crippen LogP contribution in [-0.2, 0) is 0 Å². The molecular weight excluding hydrogens is 333 g/mol. The number of hydrogen-bond donors (Lipinski definition) is 1. The van der Waals surface area contributed by atoms with E-state index in [1.54, 1.807) is 18.2 Å². The zero-order valence-electron chi connectivity index (χ0n) is 10.00. The Morgan fingerprint density at radius 2 is 2.00 bits per heavy atom. The largest absolute Gasteiger partial charge is 0.489 e. The lowest BCUT2D eigenvalue weighted by Gasteiger charge is -2.10. The number of ether oxygens (including phenoxy) is 1. The number of halogens is 3. The van der Waals surface area contributed by atoms with Crippen molar-refractivity contribution < 1.29 is 9.13 Å². The normalized spacial score (nSPS) is 10.3. The van der Waals surface area contributed by atoms with Crippen LogP contribution in [-0.4, -0.2) is 13.2 Å². The Morgan fingerprint density at radius 3 is 2.74 bits per heavy atom. The minimum Gasteiger partial charge on any atom is -0.489 e. The molecular formula is C14H12BrClFNO. The number of hydrogen-bond acceptors (Lipinski definition) is 2. The Morgan fingerprint density at radius 1 is 1.21 bits per heavy atom. The molecule has 0 aliphatic carbocycles. The zero-order chi connectivity index (χ0) is 13.7. The summed E-state index contributed by atoms with van der Waals surface area (Å²) < 4.78 is 19.5. The van der Waals surface area contributed by atoms with E-state index in [2.05, 4.69) is 21.2 Å². The van der Waals surface area contributed by atoms with Gasteiger partial charge in [0.25, 0.3) is 0 Å². The minimum atomic E-state index is -0.382. The van der Waals surface area contributed by atoms with E-state index in [9.17, 15) is 4.39 Å². The van der Waals surface area contributed by atoms with Crippen molar-refractivity contribution in [2.75, 3.05) is 18.5 Å². The van der Waals surface area contributed by atoms with Gasteiger partial charge in [0.2, 0.25) is 0 Å². The maximum absolute atomic E-state index is 13.5. The fourth-order valence-corrected chi connectivity index (χ4v) is 2.08. The molecule has 0 aliphatic rings. The lowest BCUT2D eigenvalue weighted by molar-refractivity contribution is 0.315. The van der Waals surface area contributed by atoms with Gasteiger partial charge in [-0.1, -0.05) is 39.7 Å². The summed E-state index contributed by atoms with van der Waals surface area (Å²) in [5, 5.41) is 3.78. The van der Waals surface area contributed by atoms with Gasteiger partial charge in [-0.2, -0.15) is 0 Å². The van der Waals surface area contributed by atoms with Crippen LogP contribution >= 0.6 is 27.5 Å². The topological polar surface area (TPSA) is 21.3 Å². The molecule has 0 saturated heterocycles. The lowest BCUT2D eigenvalue weighted by Crippen LogP contribution is -2.12. The highest BCUT2D eigenvalue weighted by Crippen LogP contribution is 2.22. The third kappa shape index (κ3) is 4.11. The Bertz CT molecular complexity index is 565. The first kappa shape index (κ1) is 14.2. The van der Waals surface area contributed by atoms with Gasteiger partial charge >= 0.3 is 0 Å². The van der Waals surface area contributed by atoms with E-state index in [0.29, 0.717) is 22.6 Å². The average Bonchev–Trinajstić information content (AvgIpc) is 2.38. The summed E-state index contributed by atoms with van der Waals surface area (Å²) in [6.45, 7) is 0.892. The van der Waals surface area contributed by atoms with E-state index in [-0.39, 0.29) is 11.6 Å². The highest BCUT2D eigenvalue weighted by atomic mass is 79.9. The first-order valence-electron chi connectivity index (χ1n) is 5.73. The molecule has 0 amide bonds. The molecule has 1 N–H and O–H groups in total. The van der Waals surface area contributed by atoms with Crippen LogP contribution < -0.4 is 10.1 Å². The molecule has 0 radical (unpaired) electrons. The van der Waals surface area contributed by atoms with Crippen LogP contribution in [0.25, 0.3) is 0 Å². The van der Waals surface area contributed by atoms with Crippen molar-refractivity contribution in [2.24, 2.45) is 0 Å². The number of nitrogens with one attached hydrogen (secondary N) is 1. The molecule has 0 atom stereocenters. The lowest BCUT2D eigenvalue weighted by atomic mass is 10.3. The summed E-state index contributed by atoms with van der Waals surface area (Å²) >= 11 is 9.19. The van der Waals surface area contributed by atoms with Crippen molar-refractivity contribution in [2.45, 2.75) is 0 Å². The zero-order valence-corrected chi connectivity index (χ0v) is 12.3. The summed E-state index contributed by atoms with van der Waals surface area (Å²) in [5.41, 5.74) is 0.837. The predicted molar refractivity (Wildman–Crippen MR) is 79.5 cm³/mol. The van der Waals surface area contributed by atoms with Crippen molar-refractivity contribution in [3.8, 4) is 5.75 Å². The maximum atomic E-state index is 13.5. The highest BCUT2D eigenvalue weighted by Gasteiger charge is 2.03. The van der Waals surface area contributed by atoms with Gasteiger partial charge in [-0.25, -0.2) is 4.39 Å². The summed E-state index contributed by atoms with van der Waals surface area (Å²) in [6.07, 6.45) is 0. The quantitative estimate of drug-likeness (QED) is 0.792. The van der Waals surface area contributed by atoms with Crippen LogP contribution in [0.15, 0.2) is 46.9 Å². The third-order valence-corrected chi connectivity index (χ3v) is 3.27. The molecule has 5 heteroatoms. The second-order valence-electron chi connectivity index (χ2n) is 3.83. The van der Waals surface area contributed by atoms with Crippen LogP contribution in [0.1, 0.15) is 0 Å². The van der Waals surface area contributed by atoms with E-state index in [1.165, 1.54) is 6.07 Å². The fraction of sp³-hybridized carbons (Fsp3) is 0.143. The Hall–Kier alpha value is -1.26. The van der Waals surface area contributed by atoms with E-state index < -0.39 is 0 Å². The first-order chi connectivity index (χ1) is 9.16. The molecule has 0 aliphatic heterocycles. The average molecular weight is 345 g/mol. The third-order valence-electron chi connectivity index (χ3n) is 2.44. The first-order valence-corrected chi connectivity index (χ1v) is 6.90. The fourth-order valence-electron chi connectivity index (χ4n) is 1.54. The van der Waals surface area contributed by atoms with Crippen LogP contribution in [0, 0.1) is 5.82 Å². The second kappa shape index (κ2) is 6.78. The Balaban J connectivity index is 1.83. The molecule has 2 nitrogen and oxygen atoms in total. The molecule has 19 heavy (non-hydrogen) atoms. The SMILES string of the molecule is Fc1cc(Br)ccc1OCCNc1ccccc1Cl. The summed E-state index contributed by atoms with van der Waals surface area (Å²) in [6, 6.07) is 12.1. The summed E-state index contributed by atoms with van der Waals surface area (Å²) in [5.74, 6) is -0.142. The molecule has 0 saturated carbocycles. The summed E-state index contributed by atoms with van der Waals surface area (Å²) in [7, 11) is 0. The minimum absolute atomic E-state index is 0.240. The van der Waals surface area contributed by atoms with Gasteiger partial charge in [-0.15, -0.1) is 0 Å². The van der Waals surface area contributed by atoms with Gasteiger partial charge in [0.05, 0.1) is 10.7 Å². The number of anilines is 1. The standard InChI is InChI=1S/C14H12BrClFNO/c15-10-5-6-14(12(17)9-10)19-8-7-18-13-4-2-1-3-11(13)16/h1-6,9,18H,7-8H2. The molecule has 100 valence electrons. The van der Waals surface area contributed by atoms with E-state index in [4.69, 9.17) is 16.3 Å². The molecule has 2 aromatic rings. The molecule has 0 spiro atoms. The molecule has 2 rings (SSSR count). The van der Waals surface area contributed by atoms with Gasteiger partial charge in [-0.3, -0.25) is 0 Å². The van der Waals surface area contributed by atoms with Crippen molar-refractivity contribution in [3.63, 3.8) is 0 Å². The van der Waals surface area contributed by atoms with Gasteiger partial charge in [0.1, 0.15) is 6.61 Å². The van der Waals surface area contributed by atoms with E-state index in [1.807, 2.05) is 18.2 Å². The van der Waals surface area contributed by atoms with Crippen LogP contribution in [0.5, 0.6) is 5.75 Å². The Kier molecular flexibility index (Phi) is 5.05. The van der Waals surface area contributed by atoms with Crippen molar-refractivity contribution in [3.05, 3.63) is 57.8 Å². The monoisotopic (exact) mass is 343 g/mol. The van der Waals surface area contributed by atoms with Crippen molar-refractivity contribution in [1.29, 1.82) is 0 Å². The van der Waals surface area contributed by atoms with Crippen molar-refractivity contribution >= 4 is 33.2 Å². The molecule has 0 unspecified atom stereocenters. The second-order valence-corrected chi connectivity index (χ2v) is 5.15. The van der Waals surface area contributed by atoms with Gasteiger partial charge < -0.3 is 10.1 Å². The molecule has 2 aromatic carbocycles. The predicted octanol–water partition coefficient (Wildman–Crippen LogP) is 4.73. The number of rotatable bonds is 5. The maximum Gasteiger partial charge on any atom is 0.166 e. The summed E-state index contributed by atoms with van der Waals surface area (Å²) in [4.78, 5) is 0. The van der Waals surface area contributed by atoms with E-state index >= 15 is 0 Å². The molecule has 0 bridgehead atoms. The van der Waals surface area contributed by atoms with Gasteiger partial charge in [-0.05, 0) is 30.3 Å². The molecule has 0 fully saturated rings. The van der Waals surface area contributed by atoms with Gasteiger partial charge in [0, 0.05) is 11.0 Å².